The fourth-order valence-electron chi connectivity index (χ4n) is 10.6. The molecule has 0 amide bonds. The monoisotopic (exact) mass is 909 g/mol. The number of halogens is 3. The van der Waals surface area contributed by atoms with Gasteiger partial charge < -0.3 is 18.9 Å². The Balaban J connectivity index is -0.000000852. The normalized spacial score (nSPS) is 28.9. The van der Waals surface area contributed by atoms with Crippen LogP contribution in [0.25, 0.3) is 0 Å². The van der Waals surface area contributed by atoms with Crippen LogP contribution in [0.1, 0.15) is 224 Å². The van der Waals surface area contributed by atoms with Crippen molar-refractivity contribution in [2.24, 2.45) is 57.2 Å². The zero-order chi connectivity index (χ0) is 43.0. The molecule has 0 N–H and O–H groups in total. The van der Waals surface area contributed by atoms with Crippen LogP contribution in [0.3, 0.4) is 0 Å². The van der Waals surface area contributed by atoms with Crippen LogP contribution in [0.15, 0.2) is 0 Å². The maximum absolute atomic E-state index is 12.6. The van der Waals surface area contributed by atoms with Crippen LogP contribution >= 0.6 is 0 Å². The Morgan fingerprint density at radius 3 is 1.17 bits per heavy atom. The van der Waals surface area contributed by atoms with E-state index in [0.29, 0.717) is 19.4 Å². The van der Waals surface area contributed by atoms with E-state index in [4.69, 9.17) is 14.2 Å². The maximum atomic E-state index is 12.6. The topological polar surface area (TPSA) is 105 Å². The summed E-state index contributed by atoms with van der Waals surface area (Å²) in [5.41, 5.74) is -2.88. The van der Waals surface area contributed by atoms with E-state index in [1.54, 1.807) is 34.6 Å². The number of hydrogen-bond donors (Lipinski definition) is 0. The number of alkyl halides is 3. The molecule has 0 radical (unpaired) electrons. The van der Waals surface area contributed by atoms with Gasteiger partial charge in [0, 0.05) is 5.41 Å². The van der Waals surface area contributed by atoms with Crippen molar-refractivity contribution < 1.29 is 51.3 Å². The minimum Gasteiger partial charge on any atom is -0.462 e. The van der Waals surface area contributed by atoms with Crippen LogP contribution in [0.5, 0.6) is 0 Å². The van der Waals surface area contributed by atoms with Crippen molar-refractivity contribution in [3.05, 3.63) is 0 Å². The van der Waals surface area contributed by atoms with E-state index in [1.165, 1.54) is 57.8 Å². The van der Waals surface area contributed by atoms with Crippen LogP contribution in [0, 0.1) is 57.2 Å². The second-order valence-corrected chi connectivity index (χ2v) is 21.7. The first-order valence-corrected chi connectivity index (χ1v) is 22.0. The lowest BCUT2D eigenvalue weighted by Crippen LogP contribution is -2.53. The Kier molecular flexibility index (Phi) is 24.7. The fourth-order valence-corrected chi connectivity index (χ4v) is 10.6. The van der Waals surface area contributed by atoms with E-state index in [1.807, 2.05) is 34.6 Å². The van der Waals surface area contributed by atoms with Crippen molar-refractivity contribution in [2.75, 3.05) is 6.61 Å². The van der Waals surface area contributed by atoms with Gasteiger partial charge in [-0.25, -0.2) is 4.79 Å². The first-order chi connectivity index (χ1) is 26.1. The highest BCUT2D eigenvalue weighted by atomic mass is 19.4. The van der Waals surface area contributed by atoms with Crippen LogP contribution in [0.4, 0.5) is 13.2 Å². The second-order valence-electron chi connectivity index (χ2n) is 21.7. The molecule has 0 aromatic heterocycles. The van der Waals surface area contributed by atoms with Gasteiger partial charge >= 0.3 is 30.1 Å². The van der Waals surface area contributed by atoms with Crippen LogP contribution < -0.4 is 0 Å². The molecule has 0 aromatic carbocycles. The van der Waals surface area contributed by atoms with Crippen LogP contribution in [-0.4, -0.2) is 54.0 Å². The Morgan fingerprint density at radius 1 is 0.524 bits per heavy atom. The molecule has 8 aliphatic carbocycles. The molecular formula is C52H99F3O8. The van der Waals surface area contributed by atoms with Gasteiger partial charge in [-0.15, -0.1) is 0 Å². The molecular weight excluding hydrogens is 810 g/mol. The minimum atomic E-state index is -4.49. The molecule has 0 aromatic rings. The molecule has 8 saturated carbocycles. The average molecular weight is 909 g/mol. The van der Waals surface area contributed by atoms with E-state index in [2.05, 4.69) is 11.7 Å². The van der Waals surface area contributed by atoms with Gasteiger partial charge in [-0.1, -0.05) is 65.3 Å². The summed E-state index contributed by atoms with van der Waals surface area (Å²) in [6, 6.07) is 0. The molecule has 0 heterocycles. The lowest BCUT2D eigenvalue weighted by atomic mass is 9.50. The number of carbonyl (C=O) groups excluding carboxylic acids is 4. The predicted octanol–water partition coefficient (Wildman–Crippen LogP) is 15.2. The molecule has 0 saturated heterocycles. The first-order valence-electron chi connectivity index (χ1n) is 22.0. The van der Waals surface area contributed by atoms with Gasteiger partial charge in [0.05, 0.1) is 22.9 Å². The van der Waals surface area contributed by atoms with E-state index < -0.39 is 40.6 Å². The van der Waals surface area contributed by atoms with Gasteiger partial charge in [-0.3, -0.25) is 14.4 Å². The van der Waals surface area contributed by atoms with E-state index >= 15 is 0 Å². The SMILES string of the molecule is C.C.C.C.C.C.CCC(C)(C)C(=O)OC(C)(C)C(=O)OCC12CC3CC(CC(C3)C1)C2.CCC(C)(C)C(=O)OC(C)C(F)(F)F.CCC(C)(C)C(=O)OC12CC3CC(CC(C3)C1)C2. The number of carbonyl (C=O) groups is 4. The van der Waals surface area contributed by atoms with Gasteiger partial charge in [-0.2, -0.15) is 13.2 Å². The van der Waals surface area contributed by atoms with Crippen molar-refractivity contribution in [2.45, 2.75) is 247 Å². The fraction of sp³-hybridized carbons (Fsp3) is 0.923. The smallest absolute Gasteiger partial charge is 0.425 e. The molecule has 11 heteroatoms. The van der Waals surface area contributed by atoms with Crippen LogP contribution in [-0.2, 0) is 38.1 Å². The third-order valence-electron chi connectivity index (χ3n) is 14.9. The van der Waals surface area contributed by atoms with E-state index in [0.717, 1.165) is 68.1 Å². The van der Waals surface area contributed by atoms with E-state index in [9.17, 15) is 32.3 Å². The lowest BCUT2D eigenvalue weighted by molar-refractivity contribution is -0.221. The molecule has 8 aliphatic rings. The van der Waals surface area contributed by atoms with Gasteiger partial charge in [0.2, 0.25) is 5.60 Å². The highest BCUT2D eigenvalue weighted by molar-refractivity contribution is 5.84. The Bertz CT molecular complexity index is 1370. The molecule has 63 heavy (non-hydrogen) atoms. The third-order valence-corrected chi connectivity index (χ3v) is 14.9. The zero-order valence-corrected chi connectivity index (χ0v) is 37.3. The van der Waals surface area contributed by atoms with Crippen molar-refractivity contribution in [1.29, 1.82) is 0 Å². The molecule has 376 valence electrons. The molecule has 0 aliphatic heterocycles. The van der Waals surface area contributed by atoms with Crippen molar-refractivity contribution in [3.63, 3.8) is 0 Å². The van der Waals surface area contributed by atoms with E-state index in [-0.39, 0.29) is 72.9 Å². The third kappa shape index (κ3) is 16.2. The average Bonchev–Trinajstić information content (AvgIpc) is 3.09. The molecule has 1 unspecified atom stereocenters. The van der Waals surface area contributed by atoms with Gasteiger partial charge in [0.25, 0.3) is 0 Å². The molecule has 8 fully saturated rings. The number of hydrogen-bond acceptors (Lipinski definition) is 8. The number of ether oxygens (including phenoxy) is 4. The molecule has 0 spiro atoms. The maximum Gasteiger partial charge on any atom is 0.425 e. The molecule has 8 nitrogen and oxygen atoms in total. The summed E-state index contributed by atoms with van der Waals surface area (Å²) in [4.78, 5) is 48.5. The standard InChI is InChI=1S/C21H34O4.C16H26O2.C9H15F3O2.6CH4/c1-6-19(2,3)17(22)25-20(4,5)18(23)24-13-21-10-14-7-15(11-21)9-16(8-14)12-21;1-4-15(2,3)14(17)18-16-8-11-5-12(9-16)7-13(6-11)10-16;1-5-8(3,4)7(13)14-6(2)9(10,11)12;;;;;;/h14-16H,6-13H2,1-5H3;11-13H,4-10H2,1-3H3;6H,5H2,1-4H3;6*1H4. The minimum absolute atomic E-state index is 0. The summed E-state index contributed by atoms with van der Waals surface area (Å²) >= 11 is 0. The molecule has 8 bridgehead atoms. The largest absolute Gasteiger partial charge is 0.462 e. The Morgan fingerprint density at radius 2 is 0.841 bits per heavy atom. The summed E-state index contributed by atoms with van der Waals surface area (Å²) < 4.78 is 57.7. The highest BCUT2D eigenvalue weighted by Gasteiger charge is 2.55. The summed E-state index contributed by atoms with van der Waals surface area (Å²) in [6.07, 6.45) is 10.8. The molecule has 8 rings (SSSR count). The van der Waals surface area contributed by atoms with Crippen molar-refractivity contribution >= 4 is 23.9 Å². The highest BCUT2D eigenvalue weighted by Crippen LogP contribution is 2.60. The Labute approximate surface area is 385 Å². The van der Waals surface area contributed by atoms with Crippen molar-refractivity contribution in [1.82, 2.24) is 0 Å². The van der Waals surface area contributed by atoms with Crippen molar-refractivity contribution in [3.8, 4) is 0 Å². The zero-order valence-electron chi connectivity index (χ0n) is 37.3. The van der Waals surface area contributed by atoms with Gasteiger partial charge in [-0.05, 0) is 194 Å². The predicted molar refractivity (Wildman–Crippen MR) is 253 cm³/mol. The van der Waals surface area contributed by atoms with Crippen LogP contribution in [0.2, 0.25) is 0 Å². The van der Waals surface area contributed by atoms with Gasteiger partial charge in [0.15, 0.2) is 6.10 Å². The summed E-state index contributed by atoms with van der Waals surface area (Å²) in [5, 5.41) is 0. The Hall–Kier alpha value is -2.33. The first kappa shape index (κ1) is 65.0. The second kappa shape index (κ2) is 23.9. The van der Waals surface area contributed by atoms with Gasteiger partial charge in [0.1, 0.15) is 5.60 Å². The number of rotatable bonds is 12. The lowest BCUT2D eigenvalue weighted by Gasteiger charge is -2.56. The summed E-state index contributed by atoms with van der Waals surface area (Å²) in [6.45, 7) is 21.1. The quantitative estimate of drug-likeness (QED) is 0.141. The number of esters is 4. The summed E-state index contributed by atoms with van der Waals surface area (Å²) in [5.74, 6) is 3.49. The summed E-state index contributed by atoms with van der Waals surface area (Å²) in [7, 11) is 0. The molecule has 1 atom stereocenters.